The Morgan fingerprint density at radius 1 is 1.30 bits per heavy atom. The van der Waals surface area contributed by atoms with Crippen LogP contribution in [-0.2, 0) is 6.42 Å². The Kier molecular flexibility index (Phi) is 4.91. The molecule has 2 aromatic rings. The maximum absolute atomic E-state index is 12.8. The second kappa shape index (κ2) is 6.87. The zero-order valence-corrected chi connectivity index (χ0v) is 11.7. The number of anilines is 1. The van der Waals surface area contributed by atoms with Gasteiger partial charge in [-0.1, -0.05) is 12.1 Å². The van der Waals surface area contributed by atoms with E-state index in [1.165, 1.54) is 30.2 Å². The summed E-state index contributed by atoms with van der Waals surface area (Å²) in [6, 6.07) is 8.48. The van der Waals surface area contributed by atoms with Crippen LogP contribution >= 0.6 is 11.8 Å². The third-order valence-electron chi connectivity index (χ3n) is 2.74. The molecule has 20 heavy (non-hydrogen) atoms. The highest BCUT2D eigenvalue weighted by atomic mass is 32.2. The summed E-state index contributed by atoms with van der Waals surface area (Å²) >= 11 is 1.41. The van der Waals surface area contributed by atoms with Crippen molar-refractivity contribution in [3.05, 3.63) is 47.5 Å². The number of hydrogen-bond acceptors (Lipinski definition) is 5. The molecule has 0 radical (unpaired) electrons. The van der Waals surface area contributed by atoms with Crippen LogP contribution in [-0.4, -0.2) is 22.8 Å². The molecule has 0 saturated heterocycles. The van der Waals surface area contributed by atoms with E-state index in [0.717, 1.165) is 12.0 Å². The first-order chi connectivity index (χ1) is 9.74. The second-order valence-electron chi connectivity index (χ2n) is 4.02. The summed E-state index contributed by atoms with van der Waals surface area (Å²) in [5.74, 6) is 0.294. The number of benzene rings is 1. The lowest BCUT2D eigenvalue weighted by Gasteiger charge is -2.08. The first kappa shape index (κ1) is 14.3. The first-order valence-electron chi connectivity index (χ1n) is 6.02. The van der Waals surface area contributed by atoms with Crippen molar-refractivity contribution in [2.45, 2.75) is 11.4 Å². The van der Waals surface area contributed by atoms with Crippen LogP contribution in [0.15, 0.2) is 35.6 Å². The molecule has 0 spiro atoms. The van der Waals surface area contributed by atoms with E-state index in [9.17, 15) is 4.39 Å². The van der Waals surface area contributed by atoms with Crippen LogP contribution in [0.1, 0.15) is 11.1 Å². The zero-order chi connectivity index (χ0) is 14.4. The molecular formula is C14H13FN4S. The van der Waals surface area contributed by atoms with Crippen molar-refractivity contribution < 1.29 is 4.39 Å². The second-order valence-corrected chi connectivity index (χ2v) is 4.82. The zero-order valence-electron chi connectivity index (χ0n) is 10.9. The predicted octanol–water partition coefficient (Wildman–Crippen LogP) is 2.86. The van der Waals surface area contributed by atoms with Crippen LogP contribution in [0.25, 0.3) is 0 Å². The van der Waals surface area contributed by atoms with Crippen LogP contribution in [0.3, 0.4) is 0 Å². The average Bonchev–Trinajstić information content (AvgIpc) is 2.49. The lowest BCUT2D eigenvalue weighted by Crippen LogP contribution is -2.09. The molecule has 1 aromatic carbocycles. The molecule has 2 rings (SSSR count). The van der Waals surface area contributed by atoms with Gasteiger partial charge in [0.05, 0.1) is 0 Å². The van der Waals surface area contributed by atoms with Gasteiger partial charge in [-0.3, -0.25) is 0 Å². The minimum Gasteiger partial charge on any atom is -0.369 e. The summed E-state index contributed by atoms with van der Waals surface area (Å²) in [6.07, 6.45) is 4.03. The van der Waals surface area contributed by atoms with Crippen LogP contribution < -0.4 is 5.32 Å². The minimum absolute atomic E-state index is 0.242. The van der Waals surface area contributed by atoms with Crippen molar-refractivity contribution in [2.24, 2.45) is 0 Å². The largest absolute Gasteiger partial charge is 0.369 e. The third kappa shape index (κ3) is 3.45. The van der Waals surface area contributed by atoms with Crippen molar-refractivity contribution in [3.8, 4) is 6.07 Å². The quantitative estimate of drug-likeness (QED) is 0.677. The van der Waals surface area contributed by atoms with Crippen LogP contribution in [0, 0.1) is 17.1 Å². The molecule has 0 atom stereocenters. The van der Waals surface area contributed by atoms with E-state index >= 15 is 0 Å². The van der Waals surface area contributed by atoms with Gasteiger partial charge in [0.1, 0.15) is 34.6 Å². The Labute approximate surface area is 121 Å². The summed E-state index contributed by atoms with van der Waals surface area (Å²) in [5.41, 5.74) is 1.48. The molecule has 0 aliphatic rings. The van der Waals surface area contributed by atoms with Crippen LogP contribution in [0.4, 0.5) is 10.2 Å². The summed E-state index contributed by atoms with van der Waals surface area (Å²) in [5, 5.41) is 12.9. The van der Waals surface area contributed by atoms with E-state index in [2.05, 4.69) is 21.4 Å². The van der Waals surface area contributed by atoms with Crippen LogP contribution in [0.5, 0.6) is 0 Å². The Morgan fingerprint density at radius 3 is 2.70 bits per heavy atom. The Hall–Kier alpha value is -2.13. The molecule has 0 bridgehead atoms. The van der Waals surface area contributed by atoms with E-state index in [-0.39, 0.29) is 5.82 Å². The lowest BCUT2D eigenvalue weighted by molar-refractivity contribution is 0.627. The Balaban J connectivity index is 2.01. The van der Waals surface area contributed by atoms with Crippen molar-refractivity contribution in [1.82, 2.24) is 9.97 Å². The predicted molar refractivity (Wildman–Crippen MR) is 77.1 cm³/mol. The van der Waals surface area contributed by atoms with Gasteiger partial charge < -0.3 is 5.32 Å². The number of rotatable bonds is 5. The maximum Gasteiger partial charge on any atom is 0.148 e. The number of hydrogen-bond donors (Lipinski definition) is 1. The van der Waals surface area contributed by atoms with Crippen molar-refractivity contribution in [3.63, 3.8) is 0 Å². The maximum atomic E-state index is 12.8. The lowest BCUT2D eigenvalue weighted by atomic mass is 10.1. The smallest absolute Gasteiger partial charge is 0.148 e. The number of nitriles is 1. The van der Waals surface area contributed by atoms with Gasteiger partial charge in [0, 0.05) is 6.54 Å². The highest BCUT2D eigenvalue weighted by molar-refractivity contribution is 7.98. The fourth-order valence-corrected chi connectivity index (χ4v) is 2.23. The van der Waals surface area contributed by atoms with E-state index in [4.69, 9.17) is 5.26 Å². The number of halogens is 1. The average molecular weight is 288 g/mol. The molecular weight excluding hydrogens is 275 g/mol. The van der Waals surface area contributed by atoms with Crippen LogP contribution in [0.2, 0.25) is 0 Å². The van der Waals surface area contributed by atoms with Crippen molar-refractivity contribution in [1.29, 1.82) is 5.26 Å². The topological polar surface area (TPSA) is 61.6 Å². The van der Waals surface area contributed by atoms with Gasteiger partial charge in [0.2, 0.25) is 0 Å². The summed E-state index contributed by atoms with van der Waals surface area (Å²) in [6.45, 7) is 0.616. The minimum atomic E-state index is -0.242. The molecule has 102 valence electrons. The highest BCUT2D eigenvalue weighted by Crippen LogP contribution is 2.21. The van der Waals surface area contributed by atoms with E-state index in [0.29, 0.717) is 23.0 Å². The molecule has 0 unspecified atom stereocenters. The molecule has 0 saturated carbocycles. The van der Waals surface area contributed by atoms with Gasteiger partial charge >= 0.3 is 0 Å². The van der Waals surface area contributed by atoms with E-state index in [1.807, 2.05) is 6.26 Å². The molecule has 1 aromatic heterocycles. The molecule has 0 aliphatic carbocycles. The van der Waals surface area contributed by atoms with Gasteiger partial charge in [-0.2, -0.15) is 5.26 Å². The Morgan fingerprint density at radius 2 is 2.05 bits per heavy atom. The van der Waals surface area contributed by atoms with Gasteiger partial charge in [-0.25, -0.2) is 14.4 Å². The molecule has 1 N–H and O–H groups in total. The highest BCUT2D eigenvalue weighted by Gasteiger charge is 2.09. The fraction of sp³-hybridized carbons (Fsp3) is 0.214. The standard InChI is InChI=1S/C14H13FN4S/c1-20-14-12(8-16)13(18-9-19-14)17-7-6-10-2-4-11(15)5-3-10/h2-5,9H,6-7H2,1H3,(H,17,18,19). The monoisotopic (exact) mass is 288 g/mol. The number of thioether (sulfide) groups is 1. The molecule has 0 fully saturated rings. The fourth-order valence-electron chi connectivity index (χ4n) is 1.74. The van der Waals surface area contributed by atoms with Gasteiger partial charge in [-0.05, 0) is 30.4 Å². The van der Waals surface area contributed by atoms with Gasteiger partial charge in [0.15, 0.2) is 0 Å². The number of aromatic nitrogens is 2. The Bertz CT molecular complexity index is 622. The van der Waals surface area contributed by atoms with Gasteiger partial charge in [-0.15, -0.1) is 11.8 Å². The van der Waals surface area contributed by atoms with E-state index < -0.39 is 0 Å². The molecule has 4 nitrogen and oxygen atoms in total. The van der Waals surface area contributed by atoms with Crippen molar-refractivity contribution in [2.75, 3.05) is 18.1 Å². The third-order valence-corrected chi connectivity index (χ3v) is 3.43. The SMILES string of the molecule is CSc1ncnc(NCCc2ccc(F)cc2)c1C#N. The molecule has 0 aliphatic heterocycles. The first-order valence-corrected chi connectivity index (χ1v) is 7.24. The van der Waals surface area contributed by atoms with Gasteiger partial charge in [0.25, 0.3) is 0 Å². The molecule has 1 heterocycles. The molecule has 0 amide bonds. The van der Waals surface area contributed by atoms with Crippen molar-refractivity contribution >= 4 is 17.6 Å². The molecule has 6 heteroatoms. The summed E-state index contributed by atoms with van der Waals surface area (Å²) in [4.78, 5) is 8.14. The van der Waals surface area contributed by atoms with E-state index in [1.54, 1.807) is 12.1 Å². The number of nitrogens with one attached hydrogen (secondary N) is 1. The normalized spacial score (nSPS) is 10.1. The summed E-state index contributed by atoms with van der Waals surface area (Å²) in [7, 11) is 0. The summed E-state index contributed by atoms with van der Waals surface area (Å²) < 4.78 is 12.8. The number of nitrogens with zero attached hydrogens (tertiary/aromatic N) is 3.